The zero-order valence-corrected chi connectivity index (χ0v) is 10.5. The van der Waals surface area contributed by atoms with Crippen LogP contribution >= 0.6 is 0 Å². The second-order valence-corrected chi connectivity index (χ2v) is 4.61. The third-order valence-electron chi connectivity index (χ3n) is 3.23. The zero-order valence-electron chi connectivity index (χ0n) is 10.5. The van der Waals surface area contributed by atoms with Crippen molar-refractivity contribution in [1.29, 1.82) is 0 Å². The van der Waals surface area contributed by atoms with Crippen LogP contribution in [-0.2, 0) is 6.54 Å². The molecular weight excluding hydrogens is 234 g/mol. The Morgan fingerprint density at radius 3 is 2.68 bits per heavy atom. The quantitative estimate of drug-likeness (QED) is 0.870. The molecule has 0 bridgehead atoms. The molecule has 0 fully saturated rings. The molecule has 0 aliphatic heterocycles. The molecule has 1 atom stereocenters. The first-order valence-corrected chi connectivity index (χ1v) is 6.38. The highest BCUT2D eigenvalue weighted by Gasteiger charge is 2.07. The summed E-state index contributed by atoms with van der Waals surface area (Å²) >= 11 is 0. The molecular formula is C17H15NO. The van der Waals surface area contributed by atoms with E-state index in [1.807, 2.05) is 30.4 Å². The molecule has 94 valence electrons. The second kappa shape index (κ2) is 5.21. The zero-order chi connectivity index (χ0) is 13.1. The van der Waals surface area contributed by atoms with E-state index in [0.717, 1.165) is 11.3 Å². The van der Waals surface area contributed by atoms with Gasteiger partial charge in [-0.05, 0) is 28.5 Å². The molecule has 1 N–H and O–H groups in total. The van der Waals surface area contributed by atoms with Gasteiger partial charge in [-0.2, -0.15) is 0 Å². The lowest BCUT2D eigenvalue weighted by atomic mass is 10.1. The predicted octanol–water partition coefficient (Wildman–Crippen LogP) is 3.27. The number of aliphatic imine (C=N–C) groups is 1. The van der Waals surface area contributed by atoms with Crippen LogP contribution in [0.3, 0.4) is 0 Å². The fourth-order valence-corrected chi connectivity index (χ4v) is 2.19. The summed E-state index contributed by atoms with van der Waals surface area (Å²) in [5, 5.41) is 12.2. The molecule has 0 heterocycles. The van der Waals surface area contributed by atoms with Gasteiger partial charge in [-0.25, -0.2) is 0 Å². The van der Waals surface area contributed by atoms with Crippen molar-refractivity contribution in [2.24, 2.45) is 4.99 Å². The molecule has 2 aromatic rings. The normalized spacial score (nSPS) is 20.3. The lowest BCUT2D eigenvalue weighted by Crippen LogP contribution is -2.17. The average Bonchev–Trinajstić information content (AvgIpc) is 2.46. The van der Waals surface area contributed by atoms with E-state index in [-0.39, 0.29) is 0 Å². The average molecular weight is 249 g/mol. The van der Waals surface area contributed by atoms with Gasteiger partial charge in [0.25, 0.3) is 0 Å². The van der Waals surface area contributed by atoms with E-state index in [1.165, 1.54) is 10.8 Å². The highest BCUT2D eigenvalue weighted by Crippen LogP contribution is 2.16. The molecule has 3 rings (SSSR count). The van der Waals surface area contributed by atoms with E-state index in [1.54, 1.807) is 6.08 Å². The number of hydrogen-bond acceptors (Lipinski definition) is 2. The molecule has 0 saturated heterocycles. The fourth-order valence-electron chi connectivity index (χ4n) is 2.19. The van der Waals surface area contributed by atoms with E-state index in [4.69, 9.17) is 0 Å². The van der Waals surface area contributed by atoms with E-state index in [0.29, 0.717) is 6.54 Å². The summed E-state index contributed by atoms with van der Waals surface area (Å²) < 4.78 is 0. The number of hydrogen-bond donors (Lipinski definition) is 1. The van der Waals surface area contributed by atoms with Crippen molar-refractivity contribution in [3.63, 3.8) is 0 Å². The molecule has 0 spiro atoms. The van der Waals surface area contributed by atoms with Gasteiger partial charge >= 0.3 is 0 Å². The summed E-state index contributed by atoms with van der Waals surface area (Å²) in [5.41, 5.74) is 1.87. The predicted molar refractivity (Wildman–Crippen MR) is 79.4 cm³/mol. The molecule has 2 nitrogen and oxygen atoms in total. The van der Waals surface area contributed by atoms with Crippen LogP contribution in [0.4, 0.5) is 0 Å². The van der Waals surface area contributed by atoms with Gasteiger partial charge in [0.05, 0.1) is 12.3 Å². The molecule has 0 aromatic heterocycles. The summed E-state index contributed by atoms with van der Waals surface area (Å²) in [5.74, 6) is 0. The lowest BCUT2D eigenvalue weighted by Gasteiger charge is -2.09. The Labute approximate surface area is 112 Å². The van der Waals surface area contributed by atoms with Crippen LogP contribution in [0.1, 0.15) is 5.56 Å². The third-order valence-corrected chi connectivity index (χ3v) is 3.23. The topological polar surface area (TPSA) is 32.6 Å². The molecule has 1 aliphatic carbocycles. The number of nitrogens with zero attached hydrogens (tertiary/aromatic N) is 1. The summed E-state index contributed by atoms with van der Waals surface area (Å²) in [6.07, 6.45) is 6.74. The minimum Gasteiger partial charge on any atom is -0.383 e. The first kappa shape index (κ1) is 11.9. The summed E-state index contributed by atoms with van der Waals surface area (Å²) in [6, 6.07) is 14.6. The first-order chi connectivity index (χ1) is 9.33. The van der Waals surface area contributed by atoms with Gasteiger partial charge in [-0.3, -0.25) is 4.99 Å². The van der Waals surface area contributed by atoms with Gasteiger partial charge in [0.2, 0.25) is 0 Å². The van der Waals surface area contributed by atoms with Gasteiger partial charge in [0, 0.05) is 0 Å². The van der Waals surface area contributed by atoms with Crippen LogP contribution in [0, 0.1) is 0 Å². The molecule has 19 heavy (non-hydrogen) atoms. The van der Waals surface area contributed by atoms with Gasteiger partial charge in [0.1, 0.15) is 6.10 Å². The Balaban J connectivity index is 1.84. The smallest absolute Gasteiger partial charge is 0.114 e. The number of benzene rings is 2. The lowest BCUT2D eigenvalue weighted by molar-refractivity contribution is 0.289. The number of aliphatic hydroxyl groups excluding tert-OH is 1. The Hall–Kier alpha value is -2.19. The van der Waals surface area contributed by atoms with Crippen LogP contribution in [0.25, 0.3) is 10.8 Å². The Kier molecular flexibility index (Phi) is 3.25. The van der Waals surface area contributed by atoms with Crippen molar-refractivity contribution < 1.29 is 5.11 Å². The van der Waals surface area contributed by atoms with Crippen LogP contribution in [-0.4, -0.2) is 16.9 Å². The van der Waals surface area contributed by atoms with E-state index < -0.39 is 6.10 Å². The largest absolute Gasteiger partial charge is 0.383 e. The Morgan fingerprint density at radius 1 is 1.00 bits per heavy atom. The molecule has 1 aliphatic rings. The monoisotopic (exact) mass is 249 g/mol. The Morgan fingerprint density at radius 2 is 1.84 bits per heavy atom. The van der Waals surface area contributed by atoms with E-state index in [9.17, 15) is 5.11 Å². The number of rotatable bonds is 2. The number of allylic oxidation sites excluding steroid dienone is 2. The maximum absolute atomic E-state index is 9.75. The van der Waals surface area contributed by atoms with Crippen molar-refractivity contribution in [3.05, 3.63) is 72.3 Å². The number of aliphatic hydroxyl groups is 1. The molecule has 0 amide bonds. The minimum atomic E-state index is -0.578. The maximum atomic E-state index is 9.75. The van der Waals surface area contributed by atoms with E-state index in [2.05, 4.69) is 35.3 Å². The third kappa shape index (κ3) is 2.64. The van der Waals surface area contributed by atoms with Crippen molar-refractivity contribution in [2.75, 3.05) is 0 Å². The highest BCUT2D eigenvalue weighted by molar-refractivity contribution is 6.00. The Bertz CT molecular complexity index is 682. The second-order valence-electron chi connectivity index (χ2n) is 4.61. The van der Waals surface area contributed by atoms with Gasteiger partial charge in [-0.15, -0.1) is 0 Å². The maximum Gasteiger partial charge on any atom is 0.114 e. The van der Waals surface area contributed by atoms with Gasteiger partial charge in [-0.1, -0.05) is 54.6 Å². The number of fused-ring (bicyclic) bond motifs is 1. The minimum absolute atomic E-state index is 0.578. The molecule has 0 radical (unpaired) electrons. The van der Waals surface area contributed by atoms with Crippen molar-refractivity contribution in [2.45, 2.75) is 12.6 Å². The van der Waals surface area contributed by atoms with Crippen molar-refractivity contribution in [3.8, 4) is 0 Å². The molecule has 1 unspecified atom stereocenters. The van der Waals surface area contributed by atoms with Crippen LogP contribution in [0.15, 0.2) is 71.8 Å². The first-order valence-electron chi connectivity index (χ1n) is 6.38. The summed E-state index contributed by atoms with van der Waals surface area (Å²) in [6.45, 7) is 0.593. The fraction of sp³-hybridized carbons (Fsp3) is 0.118. The van der Waals surface area contributed by atoms with Gasteiger partial charge in [0.15, 0.2) is 0 Å². The highest BCUT2D eigenvalue weighted by atomic mass is 16.3. The SMILES string of the molecule is OC1C=CC=CC1=NCc1ccc2ccccc2c1. The molecule has 0 saturated carbocycles. The summed E-state index contributed by atoms with van der Waals surface area (Å²) in [4.78, 5) is 4.47. The molecule has 2 aromatic carbocycles. The van der Waals surface area contributed by atoms with Crippen LogP contribution in [0.5, 0.6) is 0 Å². The van der Waals surface area contributed by atoms with Crippen LogP contribution < -0.4 is 0 Å². The van der Waals surface area contributed by atoms with Gasteiger partial charge < -0.3 is 5.11 Å². The summed E-state index contributed by atoms with van der Waals surface area (Å²) in [7, 11) is 0. The van der Waals surface area contributed by atoms with E-state index >= 15 is 0 Å². The van der Waals surface area contributed by atoms with Crippen molar-refractivity contribution >= 4 is 16.5 Å². The van der Waals surface area contributed by atoms with Crippen LogP contribution in [0.2, 0.25) is 0 Å². The standard InChI is InChI=1S/C17H15NO/c19-17-8-4-3-7-16(17)18-12-13-9-10-14-5-1-2-6-15(14)11-13/h1-11,17,19H,12H2. The molecule has 2 heteroatoms. The van der Waals surface area contributed by atoms with Crippen molar-refractivity contribution in [1.82, 2.24) is 0 Å².